The zero-order valence-corrected chi connectivity index (χ0v) is 22.7. The van der Waals surface area contributed by atoms with Crippen LogP contribution in [-0.2, 0) is 19.1 Å². The van der Waals surface area contributed by atoms with Gasteiger partial charge in [-0.1, -0.05) is 67.5 Å². The van der Waals surface area contributed by atoms with Crippen LogP contribution in [-0.4, -0.2) is 70.1 Å². The molecular formula is C31H34N2O5S. The summed E-state index contributed by atoms with van der Waals surface area (Å²) in [6, 6.07) is 13.4. The Balaban J connectivity index is 1.39. The van der Waals surface area contributed by atoms with Crippen molar-refractivity contribution in [3.8, 4) is 0 Å². The molecular weight excluding hydrogens is 512 g/mol. The Hall–Kier alpha value is -3.10. The van der Waals surface area contributed by atoms with Crippen LogP contribution in [0.25, 0.3) is 10.8 Å². The van der Waals surface area contributed by atoms with E-state index in [0.717, 1.165) is 42.1 Å². The molecule has 4 heterocycles. The molecule has 1 spiro atoms. The number of carbonyl (C=O) groups excluding carboxylic acids is 3. The lowest BCUT2D eigenvalue weighted by Gasteiger charge is -2.35. The van der Waals surface area contributed by atoms with Crippen molar-refractivity contribution >= 4 is 46.0 Å². The van der Waals surface area contributed by atoms with Crippen molar-refractivity contribution in [2.45, 2.75) is 48.1 Å². The van der Waals surface area contributed by atoms with Crippen LogP contribution in [0, 0.1) is 11.8 Å². The highest BCUT2D eigenvalue weighted by Crippen LogP contribution is 2.61. The topological polar surface area (TPSA) is 87.2 Å². The summed E-state index contributed by atoms with van der Waals surface area (Å²) in [4.78, 5) is 45.5. The normalized spacial score (nSPS) is 30.0. The maximum Gasteiger partial charge on any atom is 0.311 e. The molecule has 204 valence electrons. The molecule has 6 rings (SSSR count). The average Bonchev–Trinajstić information content (AvgIpc) is 3.31. The van der Waals surface area contributed by atoms with E-state index in [4.69, 9.17) is 9.84 Å². The van der Waals surface area contributed by atoms with Crippen LogP contribution in [0.3, 0.4) is 0 Å². The van der Waals surface area contributed by atoms with Crippen molar-refractivity contribution in [1.82, 2.24) is 4.90 Å². The molecule has 2 aromatic rings. The van der Waals surface area contributed by atoms with Gasteiger partial charge in [0.15, 0.2) is 0 Å². The van der Waals surface area contributed by atoms with E-state index in [1.165, 1.54) is 0 Å². The first-order valence-corrected chi connectivity index (χ1v) is 14.8. The van der Waals surface area contributed by atoms with Crippen LogP contribution >= 0.6 is 11.8 Å². The molecule has 2 saturated heterocycles. The Labute approximate surface area is 232 Å². The number of hydrogen-bond donors (Lipinski definition) is 1. The summed E-state index contributed by atoms with van der Waals surface area (Å²) in [6.45, 7) is 1.30. The number of unbranched alkanes of at least 4 members (excludes halogenated alkanes) is 3. The molecule has 4 aliphatic heterocycles. The number of aliphatic hydroxyl groups excluding tert-OH is 1. The largest absolute Gasteiger partial charge is 0.465 e. The predicted octanol–water partition coefficient (Wildman–Crippen LogP) is 4.10. The Morgan fingerprint density at radius 2 is 1.79 bits per heavy atom. The number of esters is 1. The molecule has 0 radical (unpaired) electrons. The first-order valence-electron chi connectivity index (χ1n) is 14.0. The van der Waals surface area contributed by atoms with Gasteiger partial charge in [0.25, 0.3) is 5.91 Å². The Bertz CT molecular complexity index is 1340. The fourth-order valence-corrected chi connectivity index (χ4v) is 8.67. The number of fused-ring (bicyclic) bond motifs is 3. The number of hydrogen-bond acceptors (Lipinski definition) is 6. The van der Waals surface area contributed by atoms with Crippen LogP contribution in [0.4, 0.5) is 5.69 Å². The lowest BCUT2D eigenvalue weighted by atomic mass is 9.78. The first kappa shape index (κ1) is 26.1. The lowest BCUT2D eigenvalue weighted by Crippen LogP contribution is -2.53. The second-order valence-corrected chi connectivity index (χ2v) is 12.3. The Morgan fingerprint density at radius 3 is 2.64 bits per heavy atom. The van der Waals surface area contributed by atoms with Crippen molar-refractivity contribution in [2.75, 3.05) is 31.2 Å². The lowest BCUT2D eigenvalue weighted by molar-refractivity contribution is -0.153. The van der Waals surface area contributed by atoms with E-state index < -0.39 is 22.6 Å². The minimum atomic E-state index is -0.839. The first-order chi connectivity index (χ1) is 19.0. The number of likely N-dealkylation sites (tertiary alicyclic amines) is 1. The molecule has 2 fully saturated rings. The summed E-state index contributed by atoms with van der Waals surface area (Å²) in [7, 11) is 0. The molecule has 0 saturated carbocycles. The molecule has 8 heteroatoms. The maximum absolute atomic E-state index is 14.5. The molecule has 7 nitrogen and oxygen atoms in total. The molecule has 5 atom stereocenters. The molecule has 39 heavy (non-hydrogen) atoms. The minimum Gasteiger partial charge on any atom is -0.465 e. The number of benzene rings is 2. The van der Waals surface area contributed by atoms with E-state index in [2.05, 4.69) is 0 Å². The van der Waals surface area contributed by atoms with Crippen molar-refractivity contribution in [2.24, 2.45) is 11.8 Å². The summed E-state index contributed by atoms with van der Waals surface area (Å²) in [5.41, 5.74) is 0.799. The van der Waals surface area contributed by atoms with E-state index in [1.807, 2.05) is 66.8 Å². The van der Waals surface area contributed by atoms with Gasteiger partial charge in [-0.15, -0.1) is 11.8 Å². The van der Waals surface area contributed by atoms with Gasteiger partial charge in [0.05, 0.1) is 23.2 Å². The molecule has 1 unspecified atom stereocenters. The molecule has 1 N–H and O–H groups in total. The SMILES string of the molecule is O=C1OCCC=C[C@H]2S[C@]34C=CCN(c5ccc6ccccc6c5)C(=O)C3N(CCCCCCO)C(=O)[C@@H]4[C@@H]12. The summed E-state index contributed by atoms with van der Waals surface area (Å²) >= 11 is 1.58. The fraction of sp³-hybridized carbons (Fsp3) is 0.452. The van der Waals surface area contributed by atoms with Crippen molar-refractivity contribution in [3.63, 3.8) is 0 Å². The van der Waals surface area contributed by atoms with Gasteiger partial charge in [-0.25, -0.2) is 0 Å². The number of carbonyl (C=O) groups is 3. The van der Waals surface area contributed by atoms with Gasteiger partial charge in [-0.05, 0) is 42.2 Å². The third-order valence-corrected chi connectivity index (χ3v) is 10.2. The number of anilines is 1. The molecule has 4 aliphatic rings. The van der Waals surface area contributed by atoms with Gasteiger partial charge in [0.1, 0.15) is 6.04 Å². The van der Waals surface area contributed by atoms with E-state index in [9.17, 15) is 14.4 Å². The van der Waals surface area contributed by atoms with Crippen LogP contribution in [0.2, 0.25) is 0 Å². The summed E-state index contributed by atoms with van der Waals surface area (Å²) < 4.78 is 4.72. The van der Waals surface area contributed by atoms with E-state index >= 15 is 0 Å². The highest BCUT2D eigenvalue weighted by atomic mass is 32.2. The van der Waals surface area contributed by atoms with E-state index in [-0.39, 0.29) is 29.6 Å². The quantitative estimate of drug-likeness (QED) is 0.320. The highest BCUT2D eigenvalue weighted by molar-refractivity contribution is 8.02. The molecule has 0 aromatic heterocycles. The number of rotatable bonds is 7. The summed E-state index contributed by atoms with van der Waals surface area (Å²) in [6.07, 6.45) is 11.9. The number of nitrogens with zero attached hydrogens (tertiary/aromatic N) is 2. The minimum absolute atomic E-state index is 0.111. The second-order valence-electron chi connectivity index (χ2n) is 10.8. The predicted molar refractivity (Wildman–Crippen MR) is 152 cm³/mol. The van der Waals surface area contributed by atoms with Crippen LogP contribution in [0.5, 0.6) is 0 Å². The van der Waals surface area contributed by atoms with E-state index in [0.29, 0.717) is 26.1 Å². The van der Waals surface area contributed by atoms with Gasteiger partial charge in [0.2, 0.25) is 5.91 Å². The Morgan fingerprint density at radius 1 is 0.974 bits per heavy atom. The van der Waals surface area contributed by atoms with Gasteiger partial charge >= 0.3 is 5.97 Å². The van der Waals surface area contributed by atoms with E-state index in [1.54, 1.807) is 21.6 Å². The third kappa shape index (κ3) is 4.47. The number of thioether (sulfide) groups is 1. The van der Waals surface area contributed by atoms with Crippen LogP contribution < -0.4 is 4.90 Å². The number of amides is 2. The smallest absolute Gasteiger partial charge is 0.311 e. The monoisotopic (exact) mass is 546 g/mol. The van der Waals surface area contributed by atoms with Gasteiger partial charge < -0.3 is 19.6 Å². The number of aliphatic hydroxyl groups is 1. The number of cyclic esters (lactones) is 1. The van der Waals surface area contributed by atoms with Crippen LogP contribution in [0.1, 0.15) is 32.1 Å². The van der Waals surface area contributed by atoms with Gasteiger partial charge in [0, 0.05) is 30.6 Å². The molecule has 0 aliphatic carbocycles. The molecule has 2 amide bonds. The molecule has 0 bridgehead atoms. The summed E-state index contributed by atoms with van der Waals surface area (Å²) in [5, 5.41) is 11.1. The second kappa shape index (κ2) is 10.8. The Kier molecular flexibility index (Phi) is 7.25. The highest BCUT2D eigenvalue weighted by Gasteiger charge is 2.70. The van der Waals surface area contributed by atoms with Crippen molar-refractivity contribution in [3.05, 3.63) is 66.8 Å². The molecule has 2 aromatic carbocycles. The zero-order chi connectivity index (χ0) is 27.0. The van der Waals surface area contributed by atoms with Crippen LogP contribution in [0.15, 0.2) is 66.8 Å². The third-order valence-electron chi connectivity index (χ3n) is 8.47. The van der Waals surface area contributed by atoms with Crippen molar-refractivity contribution < 1.29 is 24.2 Å². The average molecular weight is 547 g/mol. The summed E-state index contributed by atoms with van der Waals surface area (Å²) in [5.74, 6) is -1.85. The zero-order valence-electron chi connectivity index (χ0n) is 21.9. The van der Waals surface area contributed by atoms with Gasteiger partial charge in [-0.2, -0.15) is 0 Å². The maximum atomic E-state index is 14.5. The fourth-order valence-electron chi connectivity index (χ4n) is 6.67. The standard InChI is InChI=1S/C31H34N2O5S/c34-18-7-2-1-6-16-33-27-29(36)32(23-14-13-21-10-3-4-11-22(21)20-23)17-9-15-31(27)26(28(33)35)25-24(39-31)12-5-8-19-38-30(25)37/h3-5,9-15,20,24-27,34H,1-2,6-8,16-19H2/t24-,25+,26+,27?,31+/m1/s1. The number of ether oxygens (including phenoxy) is 1. The van der Waals surface area contributed by atoms with Crippen molar-refractivity contribution in [1.29, 1.82) is 0 Å². The van der Waals surface area contributed by atoms with Gasteiger partial charge in [-0.3, -0.25) is 14.4 Å².